The molecule has 0 unspecified atom stereocenters. The van der Waals surface area contributed by atoms with Crippen LogP contribution in [0.5, 0.6) is 0 Å². The zero-order valence-corrected chi connectivity index (χ0v) is 15.6. The Morgan fingerprint density at radius 3 is 2.81 bits per heavy atom. The molecule has 144 valence electrons. The van der Waals surface area contributed by atoms with Crippen molar-refractivity contribution in [2.75, 3.05) is 17.4 Å². The summed E-state index contributed by atoms with van der Waals surface area (Å²) < 4.78 is 17.9. The topological polar surface area (TPSA) is 148 Å². The number of imidazole rings is 1. The van der Waals surface area contributed by atoms with Crippen LogP contribution in [0.1, 0.15) is 39.0 Å². The highest BCUT2D eigenvalue weighted by Crippen LogP contribution is 2.34. The van der Waals surface area contributed by atoms with Crippen molar-refractivity contribution in [1.29, 1.82) is 0 Å². The van der Waals surface area contributed by atoms with Crippen LogP contribution in [0, 0.1) is 0 Å². The van der Waals surface area contributed by atoms with E-state index in [1.807, 2.05) is 0 Å². The van der Waals surface area contributed by atoms with Crippen LogP contribution < -0.4 is 11.1 Å². The van der Waals surface area contributed by atoms with E-state index in [-0.39, 0.29) is 5.95 Å². The van der Waals surface area contributed by atoms with Crippen molar-refractivity contribution >= 4 is 30.5 Å². The molecule has 2 aromatic rings. The molecule has 0 bridgehead atoms. The fourth-order valence-corrected chi connectivity index (χ4v) is 3.64. The number of fused-ring (bicyclic) bond motifs is 1. The average molecular weight is 384 g/mol. The molecular formula is C15H25N6O4P. The zero-order chi connectivity index (χ0) is 18.7. The van der Waals surface area contributed by atoms with Crippen molar-refractivity contribution in [2.45, 2.75) is 57.7 Å². The summed E-state index contributed by atoms with van der Waals surface area (Å²) in [7, 11) is -4.20. The summed E-state index contributed by atoms with van der Waals surface area (Å²) in [6.45, 7) is 2.07. The monoisotopic (exact) mass is 384 g/mol. The van der Waals surface area contributed by atoms with Crippen molar-refractivity contribution in [1.82, 2.24) is 19.5 Å². The Balaban J connectivity index is 1.77. The summed E-state index contributed by atoms with van der Waals surface area (Å²) in [5, 5.41) is 3.44. The van der Waals surface area contributed by atoms with Gasteiger partial charge in [0.05, 0.1) is 19.0 Å². The summed E-state index contributed by atoms with van der Waals surface area (Å²) in [4.78, 5) is 30.8. The molecule has 0 aliphatic heterocycles. The molecule has 1 saturated carbocycles. The molecule has 0 radical (unpaired) electrons. The van der Waals surface area contributed by atoms with Crippen LogP contribution in [0.15, 0.2) is 6.33 Å². The smallest absolute Gasteiger partial charge is 0.350 e. The van der Waals surface area contributed by atoms with E-state index in [1.165, 1.54) is 19.3 Å². The van der Waals surface area contributed by atoms with Crippen LogP contribution in [0.4, 0.5) is 11.8 Å². The first-order chi connectivity index (χ1) is 12.3. The van der Waals surface area contributed by atoms with Gasteiger partial charge in [-0.25, -0.2) is 4.98 Å². The molecule has 1 aliphatic rings. The predicted octanol–water partition coefficient (Wildman–Crippen LogP) is 1.69. The van der Waals surface area contributed by atoms with E-state index in [9.17, 15) is 4.57 Å². The van der Waals surface area contributed by atoms with E-state index in [0.29, 0.717) is 29.6 Å². The second kappa shape index (κ2) is 7.87. The van der Waals surface area contributed by atoms with Gasteiger partial charge in [-0.15, -0.1) is 0 Å². The van der Waals surface area contributed by atoms with Crippen LogP contribution in [0.3, 0.4) is 0 Å². The average Bonchev–Trinajstić information content (AvgIpc) is 2.96. The highest BCUT2D eigenvalue weighted by atomic mass is 31.2. The fraction of sp³-hybridized carbons (Fsp3) is 0.667. The lowest BCUT2D eigenvalue weighted by Gasteiger charge is -2.23. The number of nitrogens with two attached hydrogens (primary N) is 1. The minimum atomic E-state index is -4.20. The number of hydrogen-bond donors (Lipinski definition) is 4. The third-order valence-corrected chi connectivity index (χ3v) is 4.89. The maximum Gasteiger partial charge on any atom is 0.350 e. The minimum absolute atomic E-state index is 0.154. The van der Waals surface area contributed by atoms with E-state index in [4.69, 9.17) is 20.3 Å². The normalized spacial score (nSPS) is 17.5. The molecule has 26 heavy (non-hydrogen) atoms. The molecule has 0 aromatic carbocycles. The van der Waals surface area contributed by atoms with Crippen molar-refractivity contribution in [3.05, 3.63) is 6.33 Å². The molecule has 0 spiro atoms. The number of anilines is 2. The quantitative estimate of drug-likeness (QED) is 0.523. The Hall–Kier alpha value is -1.74. The molecule has 0 amide bonds. The molecular weight excluding hydrogens is 359 g/mol. The molecule has 1 atom stereocenters. The van der Waals surface area contributed by atoms with Crippen LogP contribution >= 0.6 is 7.60 Å². The van der Waals surface area contributed by atoms with Gasteiger partial charge in [-0.2, -0.15) is 9.97 Å². The van der Waals surface area contributed by atoms with Crippen LogP contribution in [0.25, 0.3) is 11.2 Å². The number of aromatic nitrogens is 4. The summed E-state index contributed by atoms with van der Waals surface area (Å²) in [6.07, 6.45) is 6.42. The van der Waals surface area contributed by atoms with E-state index in [1.54, 1.807) is 17.8 Å². The second-order valence-corrected chi connectivity index (χ2v) is 8.34. The van der Waals surface area contributed by atoms with Crippen LogP contribution in [-0.4, -0.2) is 47.8 Å². The molecule has 2 aromatic heterocycles. The fourth-order valence-electron chi connectivity index (χ4n) is 3.19. The van der Waals surface area contributed by atoms with Gasteiger partial charge >= 0.3 is 7.60 Å². The third kappa shape index (κ3) is 4.91. The second-order valence-electron chi connectivity index (χ2n) is 6.75. The zero-order valence-electron chi connectivity index (χ0n) is 14.7. The van der Waals surface area contributed by atoms with Crippen LogP contribution in [-0.2, 0) is 15.8 Å². The lowest BCUT2D eigenvalue weighted by molar-refractivity contribution is 0.0764. The first-order valence-corrected chi connectivity index (χ1v) is 10.5. The summed E-state index contributed by atoms with van der Waals surface area (Å²) in [6, 6.07) is 0.358. The van der Waals surface area contributed by atoms with Crippen molar-refractivity contribution in [2.24, 2.45) is 0 Å². The largest absolute Gasteiger partial charge is 0.368 e. The van der Waals surface area contributed by atoms with Gasteiger partial charge in [0.2, 0.25) is 5.95 Å². The molecule has 5 N–H and O–H groups in total. The minimum Gasteiger partial charge on any atom is -0.368 e. The standard InChI is InChI=1S/C15H25N6O4P/c1-10(25-9-26(22,23)24)7-21-8-17-12-13(19-15(16)20-14(12)21)18-11-5-3-2-4-6-11/h8,10-11H,2-7,9H2,1H3,(H2,22,23,24)(H3,16,18,19,20)/t10-/m1/s1. The first kappa shape index (κ1) is 19.0. The lowest BCUT2D eigenvalue weighted by Crippen LogP contribution is -2.23. The van der Waals surface area contributed by atoms with Crippen molar-refractivity contribution in [3.8, 4) is 0 Å². The van der Waals surface area contributed by atoms with Gasteiger partial charge < -0.3 is 30.1 Å². The van der Waals surface area contributed by atoms with Crippen molar-refractivity contribution in [3.63, 3.8) is 0 Å². The van der Waals surface area contributed by atoms with E-state index in [2.05, 4.69) is 20.3 Å². The van der Waals surface area contributed by atoms with E-state index in [0.717, 1.165) is 12.8 Å². The molecule has 10 nitrogen and oxygen atoms in total. The Kier molecular flexibility index (Phi) is 5.76. The molecule has 11 heteroatoms. The Morgan fingerprint density at radius 1 is 1.38 bits per heavy atom. The number of nitrogens with one attached hydrogen (secondary N) is 1. The van der Waals surface area contributed by atoms with E-state index >= 15 is 0 Å². The van der Waals surface area contributed by atoms with Crippen molar-refractivity contribution < 1.29 is 19.1 Å². The molecule has 2 heterocycles. The number of ether oxygens (including phenoxy) is 1. The predicted molar refractivity (Wildman–Crippen MR) is 97.7 cm³/mol. The number of nitrogens with zero attached hydrogens (tertiary/aromatic N) is 4. The summed E-state index contributed by atoms with van der Waals surface area (Å²) in [5.74, 6) is 0.781. The maximum atomic E-state index is 10.9. The Bertz CT molecular complexity index is 801. The summed E-state index contributed by atoms with van der Waals surface area (Å²) >= 11 is 0. The summed E-state index contributed by atoms with van der Waals surface area (Å²) in [5.41, 5.74) is 7.07. The maximum absolute atomic E-state index is 10.9. The lowest BCUT2D eigenvalue weighted by atomic mass is 9.95. The van der Waals surface area contributed by atoms with Gasteiger partial charge in [-0.1, -0.05) is 19.3 Å². The van der Waals surface area contributed by atoms with Crippen LogP contribution in [0.2, 0.25) is 0 Å². The molecule has 3 rings (SSSR count). The van der Waals surface area contributed by atoms with Gasteiger partial charge in [0.25, 0.3) is 0 Å². The van der Waals surface area contributed by atoms with Gasteiger partial charge in [-0.3, -0.25) is 4.57 Å². The van der Waals surface area contributed by atoms with Gasteiger partial charge in [0.1, 0.15) is 6.35 Å². The third-order valence-electron chi connectivity index (χ3n) is 4.41. The van der Waals surface area contributed by atoms with E-state index < -0.39 is 20.0 Å². The number of rotatable bonds is 7. The molecule has 1 fully saturated rings. The van der Waals surface area contributed by atoms with Gasteiger partial charge in [-0.05, 0) is 19.8 Å². The van der Waals surface area contributed by atoms with Gasteiger partial charge in [0, 0.05) is 6.04 Å². The Labute approximate surface area is 151 Å². The van der Waals surface area contributed by atoms with Gasteiger partial charge in [0.15, 0.2) is 17.0 Å². The first-order valence-electron chi connectivity index (χ1n) is 8.73. The molecule has 1 aliphatic carbocycles. The highest BCUT2D eigenvalue weighted by Gasteiger charge is 2.20. The number of hydrogen-bond acceptors (Lipinski definition) is 7. The molecule has 0 saturated heterocycles. The number of nitrogen functional groups attached to an aromatic ring is 1. The SMILES string of the molecule is C[C@H](Cn1cnc2c(NC3CCCCC3)nc(N)nc21)OCP(=O)(O)O. The Morgan fingerprint density at radius 2 is 2.12 bits per heavy atom. The highest BCUT2D eigenvalue weighted by molar-refractivity contribution is 7.51.